The first-order valence-electron chi connectivity index (χ1n) is 8.08. The predicted molar refractivity (Wildman–Crippen MR) is 97.4 cm³/mol. The van der Waals surface area contributed by atoms with E-state index in [0.717, 1.165) is 47.2 Å². The molecular weight excluding hydrogens is 320 g/mol. The molecule has 0 atom stereocenters. The number of hydrogen-bond acceptors (Lipinski definition) is 3. The van der Waals surface area contributed by atoms with Gasteiger partial charge in [0.1, 0.15) is 0 Å². The van der Waals surface area contributed by atoms with E-state index in [2.05, 4.69) is 39.2 Å². The number of benzene rings is 1. The molecule has 122 valence electrons. The summed E-state index contributed by atoms with van der Waals surface area (Å²) in [5.41, 5.74) is 7.04. The summed E-state index contributed by atoms with van der Waals surface area (Å²) in [6.45, 7) is 3.87. The molecular formula is C19H19ClN4. The highest BCUT2D eigenvalue weighted by molar-refractivity contribution is 6.30. The van der Waals surface area contributed by atoms with Crippen LogP contribution in [0.5, 0.6) is 0 Å². The fraction of sp³-hybridized carbons (Fsp3) is 0.263. The van der Waals surface area contributed by atoms with Crippen molar-refractivity contribution in [3.63, 3.8) is 0 Å². The number of rotatable bonds is 2. The standard InChI is InChI=1S/C19H19ClN4/c1-13-7-19(23(2)22-13)16-9-18(11-21-10-16)24-6-5-14-8-17(20)4-3-15(14)12-24/h3-4,7-11H,5-6,12H2,1-2H3. The van der Waals surface area contributed by atoms with Crippen molar-refractivity contribution in [1.29, 1.82) is 0 Å². The molecule has 5 heteroatoms. The van der Waals surface area contributed by atoms with E-state index in [0.29, 0.717) is 0 Å². The van der Waals surface area contributed by atoms with Gasteiger partial charge in [0.25, 0.3) is 0 Å². The van der Waals surface area contributed by atoms with Crippen molar-refractivity contribution in [2.45, 2.75) is 19.9 Å². The minimum absolute atomic E-state index is 0.817. The zero-order chi connectivity index (χ0) is 16.7. The van der Waals surface area contributed by atoms with Gasteiger partial charge >= 0.3 is 0 Å². The molecule has 0 saturated carbocycles. The molecule has 4 nitrogen and oxygen atoms in total. The van der Waals surface area contributed by atoms with E-state index in [9.17, 15) is 0 Å². The summed E-state index contributed by atoms with van der Waals surface area (Å²) in [4.78, 5) is 6.82. The van der Waals surface area contributed by atoms with Crippen molar-refractivity contribution in [2.24, 2.45) is 7.05 Å². The monoisotopic (exact) mass is 338 g/mol. The average molecular weight is 339 g/mol. The van der Waals surface area contributed by atoms with E-state index in [1.54, 1.807) is 0 Å². The van der Waals surface area contributed by atoms with Crippen LogP contribution in [-0.4, -0.2) is 21.3 Å². The lowest BCUT2D eigenvalue weighted by molar-refractivity contribution is 0.729. The molecule has 0 amide bonds. The second kappa shape index (κ2) is 5.95. The second-order valence-corrected chi connectivity index (χ2v) is 6.75. The van der Waals surface area contributed by atoms with Crippen LogP contribution in [0.2, 0.25) is 5.02 Å². The summed E-state index contributed by atoms with van der Waals surface area (Å²) >= 11 is 6.10. The van der Waals surface area contributed by atoms with E-state index in [1.807, 2.05) is 37.1 Å². The van der Waals surface area contributed by atoms with Gasteiger partial charge in [-0.25, -0.2) is 0 Å². The molecule has 0 unspecified atom stereocenters. The number of nitrogens with zero attached hydrogens (tertiary/aromatic N) is 4. The maximum absolute atomic E-state index is 6.10. The summed E-state index contributed by atoms with van der Waals surface area (Å²) in [7, 11) is 1.97. The lowest BCUT2D eigenvalue weighted by Gasteiger charge is -2.30. The van der Waals surface area contributed by atoms with Gasteiger partial charge in [0.15, 0.2) is 0 Å². The molecule has 0 aliphatic carbocycles. The third-order valence-electron chi connectivity index (χ3n) is 4.57. The molecule has 1 aliphatic rings. The van der Waals surface area contributed by atoms with Crippen molar-refractivity contribution in [3.05, 3.63) is 64.6 Å². The largest absolute Gasteiger partial charge is 0.366 e. The highest BCUT2D eigenvalue weighted by atomic mass is 35.5. The number of aromatic nitrogens is 3. The zero-order valence-electron chi connectivity index (χ0n) is 13.8. The quantitative estimate of drug-likeness (QED) is 0.708. The van der Waals surface area contributed by atoms with Crippen molar-refractivity contribution >= 4 is 17.3 Å². The SMILES string of the molecule is Cc1cc(-c2cncc(N3CCc4cc(Cl)ccc4C3)c2)n(C)n1. The molecule has 0 saturated heterocycles. The van der Waals surface area contributed by atoms with E-state index in [4.69, 9.17) is 11.6 Å². The Labute approximate surface area is 146 Å². The second-order valence-electron chi connectivity index (χ2n) is 6.31. The summed E-state index contributed by atoms with van der Waals surface area (Å²) in [6, 6.07) is 10.5. The fourth-order valence-corrected chi connectivity index (χ4v) is 3.56. The van der Waals surface area contributed by atoms with E-state index in [1.165, 1.54) is 11.1 Å². The summed E-state index contributed by atoms with van der Waals surface area (Å²) in [5.74, 6) is 0. The van der Waals surface area contributed by atoms with Crippen molar-refractivity contribution in [2.75, 3.05) is 11.4 Å². The molecule has 0 radical (unpaired) electrons. The number of pyridine rings is 1. The van der Waals surface area contributed by atoms with E-state index in [-0.39, 0.29) is 0 Å². The van der Waals surface area contributed by atoms with Gasteiger partial charge in [0.05, 0.1) is 23.3 Å². The molecule has 1 aliphatic heterocycles. The first kappa shape index (κ1) is 15.2. The lowest BCUT2D eigenvalue weighted by atomic mass is 9.99. The first-order valence-corrected chi connectivity index (χ1v) is 8.46. The van der Waals surface area contributed by atoms with Gasteiger partial charge in [-0.05, 0) is 48.7 Å². The van der Waals surface area contributed by atoms with Crippen LogP contribution in [0.3, 0.4) is 0 Å². The lowest BCUT2D eigenvalue weighted by Crippen LogP contribution is -2.30. The van der Waals surface area contributed by atoms with Crippen LogP contribution in [0, 0.1) is 6.92 Å². The number of halogens is 1. The summed E-state index contributed by atoms with van der Waals surface area (Å²) in [5, 5.41) is 5.25. The van der Waals surface area contributed by atoms with Crippen molar-refractivity contribution < 1.29 is 0 Å². The summed E-state index contributed by atoms with van der Waals surface area (Å²) in [6.07, 6.45) is 4.84. The molecule has 24 heavy (non-hydrogen) atoms. The number of anilines is 1. The third-order valence-corrected chi connectivity index (χ3v) is 4.80. The van der Waals surface area contributed by atoms with Gasteiger partial charge in [-0.1, -0.05) is 17.7 Å². The zero-order valence-corrected chi connectivity index (χ0v) is 14.6. The Morgan fingerprint density at radius 3 is 2.75 bits per heavy atom. The predicted octanol–water partition coefficient (Wildman–Crippen LogP) is 4.01. The first-order chi connectivity index (χ1) is 11.6. The molecule has 1 aromatic carbocycles. The molecule has 0 N–H and O–H groups in total. The number of hydrogen-bond donors (Lipinski definition) is 0. The Bertz CT molecular complexity index is 900. The van der Waals surface area contributed by atoms with Crippen LogP contribution in [0.15, 0.2) is 42.7 Å². The third kappa shape index (κ3) is 2.78. The molecule has 3 heterocycles. The van der Waals surface area contributed by atoms with E-state index < -0.39 is 0 Å². The van der Waals surface area contributed by atoms with Crippen molar-refractivity contribution in [1.82, 2.24) is 14.8 Å². The smallest absolute Gasteiger partial charge is 0.0697 e. The average Bonchev–Trinajstić information content (AvgIpc) is 2.93. The minimum atomic E-state index is 0.817. The molecule has 2 aromatic heterocycles. The van der Waals surface area contributed by atoms with E-state index >= 15 is 0 Å². The van der Waals surface area contributed by atoms with Crippen LogP contribution < -0.4 is 4.90 Å². The molecule has 0 bridgehead atoms. The van der Waals surface area contributed by atoms with Crippen LogP contribution >= 0.6 is 11.6 Å². The maximum Gasteiger partial charge on any atom is 0.0697 e. The minimum Gasteiger partial charge on any atom is -0.366 e. The molecule has 3 aromatic rings. The Balaban J connectivity index is 1.65. The molecule has 0 spiro atoms. The highest BCUT2D eigenvalue weighted by Gasteiger charge is 2.18. The molecule has 4 rings (SSSR count). The van der Waals surface area contributed by atoms with Gasteiger partial charge in [0, 0.05) is 36.9 Å². The Morgan fingerprint density at radius 2 is 1.96 bits per heavy atom. The Hall–Kier alpha value is -2.33. The number of fused-ring (bicyclic) bond motifs is 1. The Morgan fingerprint density at radius 1 is 1.08 bits per heavy atom. The van der Waals surface area contributed by atoms with Gasteiger partial charge in [-0.3, -0.25) is 9.67 Å². The van der Waals surface area contributed by atoms with Crippen LogP contribution in [-0.2, 0) is 20.0 Å². The molecule has 0 fully saturated rings. The van der Waals surface area contributed by atoms with Crippen LogP contribution in [0.25, 0.3) is 11.3 Å². The van der Waals surface area contributed by atoms with Crippen molar-refractivity contribution in [3.8, 4) is 11.3 Å². The summed E-state index contributed by atoms with van der Waals surface area (Å²) < 4.78 is 1.91. The van der Waals surface area contributed by atoms with Gasteiger partial charge in [-0.2, -0.15) is 5.10 Å². The van der Waals surface area contributed by atoms with Gasteiger partial charge in [0.2, 0.25) is 0 Å². The number of aryl methyl sites for hydroxylation is 2. The van der Waals surface area contributed by atoms with Crippen LogP contribution in [0.1, 0.15) is 16.8 Å². The Kier molecular flexibility index (Phi) is 3.77. The fourth-order valence-electron chi connectivity index (χ4n) is 3.36. The van der Waals surface area contributed by atoms with Gasteiger partial charge < -0.3 is 4.90 Å². The maximum atomic E-state index is 6.10. The normalized spacial score (nSPS) is 13.9. The highest BCUT2D eigenvalue weighted by Crippen LogP contribution is 2.29. The topological polar surface area (TPSA) is 34.0 Å². The van der Waals surface area contributed by atoms with Gasteiger partial charge in [-0.15, -0.1) is 0 Å². The van der Waals surface area contributed by atoms with Crippen LogP contribution in [0.4, 0.5) is 5.69 Å².